The van der Waals surface area contributed by atoms with E-state index in [1.54, 1.807) is 12.1 Å². The summed E-state index contributed by atoms with van der Waals surface area (Å²) in [5, 5.41) is 4.66. The molecule has 1 N–H and O–H groups in total. The summed E-state index contributed by atoms with van der Waals surface area (Å²) in [6, 6.07) is 26.1. The zero-order chi connectivity index (χ0) is 30.3. The average Bonchev–Trinajstić information content (AvgIpc) is 3.00. The van der Waals surface area contributed by atoms with E-state index < -0.39 is 20.2 Å². The number of benzene rings is 3. The number of aromatic nitrogens is 1. The fourth-order valence-corrected chi connectivity index (χ4v) is 9.67. The van der Waals surface area contributed by atoms with Crippen LogP contribution in [-0.2, 0) is 22.3 Å². The second-order valence-electron chi connectivity index (χ2n) is 10.8. The van der Waals surface area contributed by atoms with Crippen molar-refractivity contribution in [3.05, 3.63) is 119 Å². The first-order chi connectivity index (χ1) is 20.1. The minimum atomic E-state index is -3.01. The SMILES string of the molecule is COC(=O)c1ncc(C(=O)NCc2ccc(F)cc2)c(CO[Si](c2ccccc2)(c2ccccc2)C(C)(C)C)c1OC. The third kappa shape index (κ3) is 6.27. The monoisotopic (exact) mass is 586 g/mol. The number of amides is 1. The number of nitrogens with one attached hydrogen (secondary N) is 1. The van der Waals surface area contributed by atoms with Crippen LogP contribution in [0.15, 0.2) is 91.1 Å². The van der Waals surface area contributed by atoms with Gasteiger partial charge in [-0.3, -0.25) is 4.79 Å². The molecule has 7 nitrogen and oxygen atoms in total. The summed E-state index contributed by atoms with van der Waals surface area (Å²) < 4.78 is 31.1. The van der Waals surface area contributed by atoms with Crippen LogP contribution in [0.3, 0.4) is 0 Å². The van der Waals surface area contributed by atoms with Gasteiger partial charge in [-0.15, -0.1) is 0 Å². The lowest BCUT2D eigenvalue weighted by Crippen LogP contribution is -2.66. The molecule has 3 aromatic carbocycles. The highest BCUT2D eigenvalue weighted by Gasteiger charge is 2.50. The van der Waals surface area contributed by atoms with E-state index in [-0.39, 0.29) is 41.0 Å². The van der Waals surface area contributed by atoms with Crippen molar-refractivity contribution in [2.75, 3.05) is 14.2 Å². The molecule has 0 saturated heterocycles. The van der Waals surface area contributed by atoms with Crippen molar-refractivity contribution in [3.63, 3.8) is 0 Å². The molecular formula is C33H35FN2O5Si. The standard InChI is InChI=1S/C33H35FN2O5Si/c1-33(2,3)42(25-12-8-6-9-13-25,26-14-10-7-11-15-26)41-22-28-27(21-35-29(30(28)39-4)32(38)40-5)31(37)36-20-23-16-18-24(34)19-17-23/h6-19,21H,20,22H2,1-5H3,(H,36,37). The maximum absolute atomic E-state index is 13.5. The van der Waals surface area contributed by atoms with Gasteiger partial charge in [-0.2, -0.15) is 0 Å². The Hall–Kier alpha value is -4.34. The molecule has 1 amide bonds. The van der Waals surface area contributed by atoms with Gasteiger partial charge in [0, 0.05) is 18.3 Å². The molecule has 1 aromatic heterocycles. The van der Waals surface area contributed by atoms with Crippen LogP contribution in [0.4, 0.5) is 4.39 Å². The van der Waals surface area contributed by atoms with Gasteiger partial charge < -0.3 is 19.2 Å². The average molecular weight is 587 g/mol. The zero-order valence-electron chi connectivity index (χ0n) is 24.4. The van der Waals surface area contributed by atoms with Gasteiger partial charge in [0.2, 0.25) is 0 Å². The van der Waals surface area contributed by atoms with Crippen LogP contribution in [0.2, 0.25) is 5.04 Å². The van der Waals surface area contributed by atoms with E-state index in [0.29, 0.717) is 5.56 Å². The number of halogens is 1. The first kappa shape index (κ1) is 30.6. The van der Waals surface area contributed by atoms with E-state index in [1.165, 1.54) is 32.5 Å². The number of ether oxygens (including phenoxy) is 2. The summed E-state index contributed by atoms with van der Waals surface area (Å²) in [6.07, 6.45) is 1.33. The van der Waals surface area contributed by atoms with Crippen LogP contribution in [0, 0.1) is 5.82 Å². The van der Waals surface area contributed by atoms with Gasteiger partial charge >= 0.3 is 5.97 Å². The third-order valence-corrected chi connectivity index (χ3v) is 12.2. The number of rotatable bonds is 10. The molecule has 4 rings (SSSR count). The van der Waals surface area contributed by atoms with Gasteiger partial charge in [-0.05, 0) is 33.1 Å². The Balaban J connectivity index is 1.82. The molecule has 0 aliphatic heterocycles. The highest BCUT2D eigenvalue weighted by Crippen LogP contribution is 2.38. The van der Waals surface area contributed by atoms with Crippen molar-refractivity contribution in [2.24, 2.45) is 0 Å². The third-order valence-electron chi connectivity index (χ3n) is 7.18. The molecule has 0 atom stereocenters. The van der Waals surface area contributed by atoms with E-state index in [1.807, 2.05) is 36.4 Å². The maximum Gasteiger partial charge on any atom is 0.360 e. The minimum absolute atomic E-state index is 0.0394. The fourth-order valence-electron chi connectivity index (χ4n) is 5.15. The van der Waals surface area contributed by atoms with E-state index in [0.717, 1.165) is 15.9 Å². The summed E-state index contributed by atoms with van der Waals surface area (Å²) in [6.45, 7) is 6.58. The highest BCUT2D eigenvalue weighted by molar-refractivity contribution is 6.99. The number of pyridine rings is 1. The van der Waals surface area contributed by atoms with E-state index >= 15 is 0 Å². The van der Waals surface area contributed by atoms with E-state index in [2.05, 4.69) is 55.3 Å². The van der Waals surface area contributed by atoms with Crippen LogP contribution in [0.1, 0.15) is 52.7 Å². The Morgan fingerprint density at radius 1 is 0.881 bits per heavy atom. The molecule has 218 valence electrons. The molecule has 0 fully saturated rings. The van der Waals surface area contributed by atoms with Crippen LogP contribution >= 0.6 is 0 Å². The predicted molar refractivity (Wildman–Crippen MR) is 162 cm³/mol. The van der Waals surface area contributed by atoms with Crippen molar-refractivity contribution in [1.82, 2.24) is 10.3 Å². The Labute approximate surface area is 246 Å². The zero-order valence-corrected chi connectivity index (χ0v) is 25.4. The predicted octanol–water partition coefficient (Wildman–Crippen LogP) is 5.02. The molecular weight excluding hydrogens is 551 g/mol. The number of esters is 1. The van der Waals surface area contributed by atoms with Crippen molar-refractivity contribution < 1.29 is 27.9 Å². The Kier molecular flexibility index (Phi) is 9.54. The molecule has 0 aliphatic rings. The van der Waals surface area contributed by atoms with Crippen molar-refractivity contribution in [1.29, 1.82) is 0 Å². The number of methoxy groups -OCH3 is 2. The normalized spacial score (nSPS) is 11.6. The van der Waals surface area contributed by atoms with Crippen LogP contribution in [0.5, 0.6) is 5.75 Å². The van der Waals surface area contributed by atoms with Crippen molar-refractivity contribution >= 4 is 30.6 Å². The van der Waals surface area contributed by atoms with Crippen LogP contribution < -0.4 is 20.4 Å². The van der Waals surface area contributed by atoms with Gasteiger partial charge in [-0.1, -0.05) is 93.6 Å². The van der Waals surface area contributed by atoms with Gasteiger partial charge in [0.05, 0.1) is 26.4 Å². The summed E-state index contributed by atoms with van der Waals surface area (Å²) in [5.74, 6) is -1.39. The lowest BCUT2D eigenvalue weighted by atomic mass is 10.1. The van der Waals surface area contributed by atoms with Gasteiger partial charge in [-0.25, -0.2) is 14.2 Å². The molecule has 9 heteroatoms. The minimum Gasteiger partial charge on any atom is -0.494 e. The Morgan fingerprint density at radius 2 is 1.45 bits per heavy atom. The molecule has 0 bridgehead atoms. The highest BCUT2D eigenvalue weighted by atomic mass is 28.4. The van der Waals surface area contributed by atoms with Gasteiger partial charge in [0.15, 0.2) is 11.4 Å². The van der Waals surface area contributed by atoms with Crippen LogP contribution in [-0.4, -0.2) is 39.4 Å². The lowest BCUT2D eigenvalue weighted by molar-refractivity contribution is 0.0588. The summed E-state index contributed by atoms with van der Waals surface area (Å²) in [4.78, 5) is 30.4. The van der Waals surface area contributed by atoms with Gasteiger partial charge in [0.1, 0.15) is 5.82 Å². The second-order valence-corrected chi connectivity index (χ2v) is 15.1. The molecule has 42 heavy (non-hydrogen) atoms. The van der Waals surface area contributed by atoms with E-state index in [9.17, 15) is 14.0 Å². The quantitative estimate of drug-likeness (QED) is 0.207. The summed E-state index contributed by atoms with van der Waals surface area (Å²) in [7, 11) is -0.346. The number of hydrogen-bond acceptors (Lipinski definition) is 6. The largest absolute Gasteiger partial charge is 0.494 e. The molecule has 0 spiro atoms. The van der Waals surface area contributed by atoms with Crippen LogP contribution in [0.25, 0.3) is 0 Å². The molecule has 0 saturated carbocycles. The topological polar surface area (TPSA) is 86.8 Å². The first-order valence-electron chi connectivity index (χ1n) is 13.5. The van der Waals surface area contributed by atoms with E-state index in [4.69, 9.17) is 13.9 Å². The maximum atomic E-state index is 13.5. The second kappa shape index (κ2) is 13.1. The Bertz CT molecular complexity index is 1480. The fraction of sp³-hybridized carbons (Fsp3) is 0.242. The summed E-state index contributed by atoms with van der Waals surface area (Å²) >= 11 is 0. The Morgan fingerprint density at radius 3 is 1.95 bits per heavy atom. The molecule has 0 radical (unpaired) electrons. The van der Waals surface area contributed by atoms with Crippen molar-refractivity contribution in [2.45, 2.75) is 39.0 Å². The molecule has 4 aromatic rings. The molecule has 1 heterocycles. The smallest absolute Gasteiger partial charge is 0.360 e. The number of hydrogen-bond donors (Lipinski definition) is 1. The first-order valence-corrected chi connectivity index (χ1v) is 15.4. The molecule has 0 unspecified atom stereocenters. The lowest BCUT2D eigenvalue weighted by Gasteiger charge is -2.43. The summed E-state index contributed by atoms with van der Waals surface area (Å²) in [5.41, 5.74) is 1.23. The van der Waals surface area contributed by atoms with Gasteiger partial charge in [0.25, 0.3) is 14.2 Å². The van der Waals surface area contributed by atoms with Crippen molar-refractivity contribution in [3.8, 4) is 5.75 Å². The molecule has 0 aliphatic carbocycles. The number of nitrogens with zero attached hydrogens (tertiary/aromatic N) is 1. The number of carbonyl (C=O) groups excluding carboxylic acids is 2. The number of carbonyl (C=O) groups is 2.